The van der Waals surface area contributed by atoms with Gasteiger partial charge in [-0.05, 0) is 37.9 Å². The number of ether oxygens (including phenoxy) is 1. The van der Waals surface area contributed by atoms with Gasteiger partial charge in [-0.3, -0.25) is 4.79 Å². The number of benzene rings is 1. The quantitative estimate of drug-likeness (QED) is 0.849. The Balaban J connectivity index is 1.79. The van der Waals surface area contributed by atoms with Crippen molar-refractivity contribution in [3.63, 3.8) is 0 Å². The number of para-hydroxylation sites is 1. The zero-order chi connectivity index (χ0) is 13.5. The molecule has 0 aliphatic carbocycles. The number of methoxy groups -OCH3 is 1. The molecule has 0 aromatic heterocycles. The molecule has 0 saturated carbocycles. The molecule has 1 saturated heterocycles. The van der Waals surface area contributed by atoms with E-state index in [2.05, 4.69) is 10.6 Å². The van der Waals surface area contributed by atoms with Gasteiger partial charge in [0.1, 0.15) is 5.75 Å². The summed E-state index contributed by atoms with van der Waals surface area (Å²) in [6, 6.07) is 7.77. The van der Waals surface area contributed by atoms with E-state index in [-0.39, 0.29) is 5.91 Å². The SMILES string of the molecule is COc1ccccc1CNC(=O)CC1CCNCC1. The third-order valence-electron chi connectivity index (χ3n) is 3.60. The van der Waals surface area contributed by atoms with E-state index >= 15 is 0 Å². The Morgan fingerprint density at radius 2 is 2.11 bits per heavy atom. The summed E-state index contributed by atoms with van der Waals surface area (Å²) < 4.78 is 5.27. The summed E-state index contributed by atoms with van der Waals surface area (Å²) in [4.78, 5) is 11.9. The highest BCUT2D eigenvalue weighted by molar-refractivity contribution is 5.76. The van der Waals surface area contributed by atoms with Crippen LogP contribution in [0.5, 0.6) is 5.75 Å². The van der Waals surface area contributed by atoms with E-state index in [1.807, 2.05) is 24.3 Å². The van der Waals surface area contributed by atoms with Gasteiger partial charge in [0.05, 0.1) is 7.11 Å². The van der Waals surface area contributed by atoms with E-state index < -0.39 is 0 Å². The summed E-state index contributed by atoms with van der Waals surface area (Å²) in [5, 5.41) is 6.29. The second-order valence-corrected chi connectivity index (χ2v) is 4.99. The monoisotopic (exact) mass is 262 g/mol. The molecular weight excluding hydrogens is 240 g/mol. The Morgan fingerprint density at radius 1 is 1.37 bits per heavy atom. The van der Waals surface area contributed by atoms with Gasteiger partial charge in [0.25, 0.3) is 0 Å². The molecule has 0 unspecified atom stereocenters. The van der Waals surface area contributed by atoms with Crippen LogP contribution in [-0.4, -0.2) is 26.1 Å². The molecule has 2 rings (SSSR count). The van der Waals surface area contributed by atoms with E-state index in [1.165, 1.54) is 0 Å². The molecule has 19 heavy (non-hydrogen) atoms. The number of nitrogens with one attached hydrogen (secondary N) is 2. The van der Waals surface area contributed by atoms with E-state index in [0.29, 0.717) is 18.9 Å². The molecule has 0 spiro atoms. The van der Waals surface area contributed by atoms with Crippen molar-refractivity contribution in [2.75, 3.05) is 20.2 Å². The smallest absolute Gasteiger partial charge is 0.220 e. The van der Waals surface area contributed by atoms with Crippen LogP contribution < -0.4 is 15.4 Å². The van der Waals surface area contributed by atoms with Gasteiger partial charge in [-0.2, -0.15) is 0 Å². The van der Waals surface area contributed by atoms with Crippen molar-refractivity contribution in [2.24, 2.45) is 5.92 Å². The van der Waals surface area contributed by atoms with Gasteiger partial charge in [0, 0.05) is 18.5 Å². The van der Waals surface area contributed by atoms with Crippen molar-refractivity contribution >= 4 is 5.91 Å². The number of carbonyl (C=O) groups is 1. The van der Waals surface area contributed by atoms with Gasteiger partial charge in [-0.25, -0.2) is 0 Å². The maximum absolute atomic E-state index is 11.9. The van der Waals surface area contributed by atoms with Crippen LogP contribution in [0.3, 0.4) is 0 Å². The zero-order valence-electron chi connectivity index (χ0n) is 11.4. The lowest BCUT2D eigenvalue weighted by molar-refractivity contribution is -0.122. The number of piperidine rings is 1. The second-order valence-electron chi connectivity index (χ2n) is 4.99. The molecule has 1 aliphatic rings. The van der Waals surface area contributed by atoms with Crippen molar-refractivity contribution in [2.45, 2.75) is 25.8 Å². The number of carbonyl (C=O) groups excluding carboxylic acids is 1. The normalized spacial score (nSPS) is 16.1. The van der Waals surface area contributed by atoms with E-state index in [9.17, 15) is 4.79 Å². The molecule has 1 amide bonds. The summed E-state index contributed by atoms with van der Waals surface area (Å²) in [6.07, 6.45) is 2.83. The van der Waals surface area contributed by atoms with Crippen molar-refractivity contribution in [1.82, 2.24) is 10.6 Å². The van der Waals surface area contributed by atoms with Crippen LogP contribution in [-0.2, 0) is 11.3 Å². The summed E-state index contributed by atoms with van der Waals surface area (Å²) in [7, 11) is 1.65. The maximum atomic E-state index is 11.9. The highest BCUT2D eigenvalue weighted by atomic mass is 16.5. The van der Waals surface area contributed by atoms with Gasteiger partial charge in [-0.1, -0.05) is 18.2 Å². The lowest BCUT2D eigenvalue weighted by Crippen LogP contribution is -2.32. The number of amides is 1. The fraction of sp³-hybridized carbons (Fsp3) is 0.533. The first kappa shape index (κ1) is 13.9. The minimum Gasteiger partial charge on any atom is -0.496 e. The summed E-state index contributed by atoms with van der Waals surface area (Å²) >= 11 is 0. The lowest BCUT2D eigenvalue weighted by atomic mass is 9.94. The van der Waals surface area contributed by atoms with Gasteiger partial charge in [0.15, 0.2) is 0 Å². The van der Waals surface area contributed by atoms with Crippen molar-refractivity contribution < 1.29 is 9.53 Å². The van der Waals surface area contributed by atoms with Crippen LogP contribution in [0.1, 0.15) is 24.8 Å². The molecule has 2 N–H and O–H groups in total. The second kappa shape index (κ2) is 7.14. The third kappa shape index (κ3) is 4.24. The fourth-order valence-corrected chi connectivity index (χ4v) is 2.46. The zero-order valence-corrected chi connectivity index (χ0v) is 11.4. The van der Waals surface area contributed by atoms with Crippen molar-refractivity contribution in [3.8, 4) is 5.75 Å². The minimum atomic E-state index is 0.137. The van der Waals surface area contributed by atoms with Gasteiger partial charge in [-0.15, -0.1) is 0 Å². The average Bonchev–Trinajstić information content (AvgIpc) is 2.46. The number of hydrogen-bond acceptors (Lipinski definition) is 3. The predicted molar refractivity (Wildman–Crippen MR) is 75.1 cm³/mol. The van der Waals surface area contributed by atoms with Gasteiger partial charge < -0.3 is 15.4 Å². The Hall–Kier alpha value is -1.55. The maximum Gasteiger partial charge on any atom is 0.220 e. The molecule has 1 aliphatic heterocycles. The van der Waals surface area contributed by atoms with Gasteiger partial charge in [0.2, 0.25) is 5.91 Å². The first-order chi connectivity index (χ1) is 9.29. The van der Waals surface area contributed by atoms with E-state index in [0.717, 1.165) is 37.2 Å². The van der Waals surface area contributed by atoms with Gasteiger partial charge >= 0.3 is 0 Å². The van der Waals surface area contributed by atoms with Crippen LogP contribution in [0.4, 0.5) is 0 Å². The van der Waals surface area contributed by atoms with E-state index in [1.54, 1.807) is 7.11 Å². The number of rotatable bonds is 5. The average molecular weight is 262 g/mol. The Morgan fingerprint density at radius 3 is 2.84 bits per heavy atom. The Bertz CT molecular complexity index is 414. The first-order valence-electron chi connectivity index (χ1n) is 6.89. The standard InChI is InChI=1S/C15H22N2O2/c1-19-14-5-3-2-4-13(14)11-17-15(18)10-12-6-8-16-9-7-12/h2-5,12,16H,6-11H2,1H3,(H,17,18). The third-order valence-corrected chi connectivity index (χ3v) is 3.60. The minimum absolute atomic E-state index is 0.137. The van der Waals surface area contributed by atoms with Crippen LogP contribution in [0.2, 0.25) is 0 Å². The molecule has 4 heteroatoms. The molecule has 1 fully saturated rings. The molecule has 0 radical (unpaired) electrons. The highest BCUT2D eigenvalue weighted by Crippen LogP contribution is 2.18. The molecular formula is C15H22N2O2. The van der Waals surface area contributed by atoms with Crippen molar-refractivity contribution in [1.29, 1.82) is 0 Å². The van der Waals surface area contributed by atoms with Crippen LogP contribution in [0, 0.1) is 5.92 Å². The molecule has 1 aromatic carbocycles. The Labute approximate surface area is 114 Å². The molecule has 0 atom stereocenters. The summed E-state index contributed by atoms with van der Waals surface area (Å²) in [5.74, 6) is 1.49. The molecule has 4 nitrogen and oxygen atoms in total. The highest BCUT2D eigenvalue weighted by Gasteiger charge is 2.16. The number of hydrogen-bond donors (Lipinski definition) is 2. The van der Waals surface area contributed by atoms with E-state index in [4.69, 9.17) is 4.74 Å². The Kier molecular flexibility index (Phi) is 5.21. The van der Waals surface area contributed by atoms with Crippen LogP contribution in [0.25, 0.3) is 0 Å². The molecule has 0 bridgehead atoms. The lowest BCUT2D eigenvalue weighted by Gasteiger charge is -2.22. The van der Waals surface area contributed by atoms with Crippen molar-refractivity contribution in [3.05, 3.63) is 29.8 Å². The topological polar surface area (TPSA) is 50.4 Å². The fourth-order valence-electron chi connectivity index (χ4n) is 2.46. The molecule has 104 valence electrons. The molecule has 1 heterocycles. The predicted octanol–water partition coefficient (Wildman–Crippen LogP) is 1.70. The molecule has 1 aromatic rings. The largest absolute Gasteiger partial charge is 0.496 e. The van der Waals surface area contributed by atoms with Crippen LogP contribution in [0.15, 0.2) is 24.3 Å². The van der Waals surface area contributed by atoms with Crippen LogP contribution >= 0.6 is 0 Å². The summed E-state index contributed by atoms with van der Waals surface area (Å²) in [6.45, 7) is 2.60. The first-order valence-corrected chi connectivity index (χ1v) is 6.89. The summed E-state index contributed by atoms with van der Waals surface area (Å²) in [5.41, 5.74) is 1.02.